The van der Waals surface area contributed by atoms with E-state index in [0.29, 0.717) is 6.61 Å². The molecular formula is C17H25NO3. The smallest absolute Gasteiger partial charge is 0.253 e. The van der Waals surface area contributed by atoms with Crippen LogP contribution in [0.5, 0.6) is 0 Å². The van der Waals surface area contributed by atoms with Gasteiger partial charge in [-0.25, -0.2) is 0 Å². The lowest BCUT2D eigenvalue weighted by molar-refractivity contribution is -0.124. The molecule has 4 nitrogen and oxygen atoms in total. The Hall–Kier alpha value is -1.39. The molecule has 2 rings (SSSR count). The molecule has 0 N–H and O–H groups in total. The second-order valence-corrected chi connectivity index (χ2v) is 5.79. The predicted octanol–water partition coefficient (Wildman–Crippen LogP) is 2.93. The van der Waals surface area contributed by atoms with Gasteiger partial charge in [-0.2, -0.15) is 0 Å². The van der Waals surface area contributed by atoms with E-state index in [1.54, 1.807) is 0 Å². The molecule has 0 aromatic heterocycles. The van der Waals surface area contributed by atoms with E-state index in [-0.39, 0.29) is 24.7 Å². The SMILES string of the molecule is Cc1ccccc1N(C(=O)COCC1CCCO1)C(C)C. The summed E-state index contributed by atoms with van der Waals surface area (Å²) >= 11 is 0. The number of amides is 1. The summed E-state index contributed by atoms with van der Waals surface area (Å²) in [6.45, 7) is 7.47. The van der Waals surface area contributed by atoms with Crippen molar-refractivity contribution in [3.05, 3.63) is 29.8 Å². The van der Waals surface area contributed by atoms with Crippen molar-refractivity contribution in [1.29, 1.82) is 0 Å². The van der Waals surface area contributed by atoms with Crippen LogP contribution in [-0.2, 0) is 14.3 Å². The Kier molecular flexibility index (Phi) is 5.76. The molecule has 4 heteroatoms. The fourth-order valence-corrected chi connectivity index (χ4v) is 2.66. The van der Waals surface area contributed by atoms with E-state index < -0.39 is 0 Å². The first-order valence-electron chi connectivity index (χ1n) is 7.66. The first kappa shape index (κ1) is 16.0. The maximum atomic E-state index is 12.5. The highest BCUT2D eigenvalue weighted by Gasteiger charge is 2.22. The molecule has 0 radical (unpaired) electrons. The Bertz CT molecular complexity index is 467. The lowest BCUT2D eigenvalue weighted by Gasteiger charge is -2.28. The first-order chi connectivity index (χ1) is 10.1. The van der Waals surface area contributed by atoms with Crippen molar-refractivity contribution in [2.24, 2.45) is 0 Å². The van der Waals surface area contributed by atoms with Crippen LogP contribution in [0.25, 0.3) is 0 Å². The van der Waals surface area contributed by atoms with Crippen molar-refractivity contribution < 1.29 is 14.3 Å². The van der Waals surface area contributed by atoms with Crippen molar-refractivity contribution in [2.75, 3.05) is 24.7 Å². The minimum absolute atomic E-state index is 0.00250. The van der Waals surface area contributed by atoms with E-state index in [2.05, 4.69) is 0 Å². The third-order valence-electron chi connectivity index (χ3n) is 3.71. The quantitative estimate of drug-likeness (QED) is 0.809. The van der Waals surface area contributed by atoms with Gasteiger partial charge in [-0.1, -0.05) is 18.2 Å². The van der Waals surface area contributed by atoms with Gasteiger partial charge in [0.15, 0.2) is 0 Å². The summed E-state index contributed by atoms with van der Waals surface area (Å²) < 4.78 is 11.1. The van der Waals surface area contributed by atoms with Gasteiger partial charge >= 0.3 is 0 Å². The van der Waals surface area contributed by atoms with E-state index in [9.17, 15) is 4.79 Å². The Balaban J connectivity index is 1.94. The molecule has 1 saturated heterocycles. The fraction of sp³-hybridized carbons (Fsp3) is 0.588. The van der Waals surface area contributed by atoms with Crippen LogP contribution >= 0.6 is 0 Å². The Morgan fingerprint density at radius 1 is 1.43 bits per heavy atom. The van der Waals surface area contributed by atoms with Crippen LogP contribution in [0.4, 0.5) is 5.69 Å². The number of rotatable bonds is 6. The third-order valence-corrected chi connectivity index (χ3v) is 3.71. The van der Waals surface area contributed by atoms with Crippen molar-refractivity contribution >= 4 is 11.6 Å². The van der Waals surface area contributed by atoms with E-state index >= 15 is 0 Å². The molecule has 1 heterocycles. The lowest BCUT2D eigenvalue weighted by Crippen LogP contribution is -2.40. The molecule has 1 aromatic rings. The first-order valence-corrected chi connectivity index (χ1v) is 7.66. The number of nitrogens with zero attached hydrogens (tertiary/aromatic N) is 1. The molecule has 1 atom stereocenters. The highest BCUT2D eigenvalue weighted by Crippen LogP contribution is 2.22. The predicted molar refractivity (Wildman–Crippen MR) is 83.6 cm³/mol. The Morgan fingerprint density at radius 3 is 2.81 bits per heavy atom. The third kappa shape index (κ3) is 4.29. The van der Waals surface area contributed by atoms with Gasteiger partial charge in [-0.05, 0) is 45.2 Å². The van der Waals surface area contributed by atoms with Crippen LogP contribution in [0.15, 0.2) is 24.3 Å². The molecule has 1 fully saturated rings. The van der Waals surface area contributed by atoms with E-state index in [4.69, 9.17) is 9.47 Å². The standard InChI is InChI=1S/C17H25NO3/c1-13(2)18(16-9-5-4-7-14(16)3)17(19)12-20-11-15-8-6-10-21-15/h4-5,7,9,13,15H,6,8,10-12H2,1-3H3. The van der Waals surface area contributed by atoms with Crippen molar-refractivity contribution in [3.63, 3.8) is 0 Å². The number of carbonyl (C=O) groups excluding carboxylic acids is 1. The van der Waals surface area contributed by atoms with Crippen LogP contribution in [0, 0.1) is 6.92 Å². The highest BCUT2D eigenvalue weighted by atomic mass is 16.5. The largest absolute Gasteiger partial charge is 0.376 e. The number of para-hydroxylation sites is 1. The number of aryl methyl sites for hydroxylation is 1. The molecule has 21 heavy (non-hydrogen) atoms. The van der Waals surface area contributed by atoms with Gasteiger partial charge in [0.2, 0.25) is 0 Å². The summed E-state index contributed by atoms with van der Waals surface area (Å²) in [7, 11) is 0. The number of hydrogen-bond acceptors (Lipinski definition) is 3. The number of benzene rings is 1. The highest BCUT2D eigenvalue weighted by molar-refractivity contribution is 5.95. The summed E-state index contributed by atoms with van der Waals surface area (Å²) in [6, 6.07) is 8.04. The topological polar surface area (TPSA) is 38.8 Å². The maximum Gasteiger partial charge on any atom is 0.253 e. The number of hydrogen-bond donors (Lipinski definition) is 0. The Labute approximate surface area is 127 Å². The van der Waals surface area contributed by atoms with Crippen LogP contribution < -0.4 is 4.90 Å². The van der Waals surface area contributed by atoms with E-state index in [0.717, 1.165) is 30.7 Å². The molecule has 0 spiro atoms. The minimum Gasteiger partial charge on any atom is -0.376 e. The van der Waals surface area contributed by atoms with Crippen LogP contribution in [0.2, 0.25) is 0 Å². The molecule has 1 aromatic carbocycles. The Morgan fingerprint density at radius 2 is 2.19 bits per heavy atom. The summed E-state index contributed by atoms with van der Waals surface area (Å²) in [5, 5.41) is 0. The van der Waals surface area contributed by atoms with Crippen LogP contribution in [-0.4, -0.2) is 37.9 Å². The van der Waals surface area contributed by atoms with E-state index in [1.165, 1.54) is 0 Å². The molecule has 0 aliphatic carbocycles. The number of anilines is 1. The minimum atomic E-state index is -0.00250. The van der Waals surface area contributed by atoms with Crippen LogP contribution in [0.3, 0.4) is 0 Å². The van der Waals surface area contributed by atoms with Crippen molar-refractivity contribution in [1.82, 2.24) is 0 Å². The zero-order valence-electron chi connectivity index (χ0n) is 13.2. The zero-order chi connectivity index (χ0) is 15.2. The van der Waals surface area contributed by atoms with Gasteiger partial charge < -0.3 is 14.4 Å². The molecular weight excluding hydrogens is 266 g/mol. The normalized spacial score (nSPS) is 18.2. The molecule has 116 valence electrons. The van der Waals surface area contributed by atoms with Gasteiger partial charge in [0.05, 0.1) is 12.7 Å². The molecule has 0 bridgehead atoms. The van der Waals surface area contributed by atoms with Crippen LogP contribution in [0.1, 0.15) is 32.3 Å². The van der Waals surface area contributed by atoms with Crippen molar-refractivity contribution in [2.45, 2.75) is 45.8 Å². The second-order valence-electron chi connectivity index (χ2n) is 5.79. The number of ether oxygens (including phenoxy) is 2. The molecule has 1 aliphatic heterocycles. The molecule has 1 unspecified atom stereocenters. The summed E-state index contributed by atoms with van der Waals surface area (Å²) in [5.74, 6) is -0.00250. The maximum absolute atomic E-state index is 12.5. The zero-order valence-corrected chi connectivity index (χ0v) is 13.2. The van der Waals surface area contributed by atoms with Gasteiger partial charge in [-0.3, -0.25) is 4.79 Å². The van der Waals surface area contributed by atoms with Gasteiger partial charge in [-0.15, -0.1) is 0 Å². The lowest BCUT2D eigenvalue weighted by atomic mass is 10.1. The average Bonchev–Trinajstić information content (AvgIpc) is 2.94. The average molecular weight is 291 g/mol. The van der Waals surface area contributed by atoms with Gasteiger partial charge in [0, 0.05) is 18.3 Å². The molecule has 0 saturated carbocycles. The summed E-state index contributed by atoms with van der Waals surface area (Å²) in [6.07, 6.45) is 2.27. The molecule has 1 aliphatic rings. The monoisotopic (exact) mass is 291 g/mol. The van der Waals surface area contributed by atoms with E-state index in [1.807, 2.05) is 49.9 Å². The summed E-state index contributed by atoms with van der Waals surface area (Å²) in [4.78, 5) is 14.3. The number of carbonyl (C=O) groups is 1. The summed E-state index contributed by atoms with van der Waals surface area (Å²) in [5.41, 5.74) is 2.05. The van der Waals surface area contributed by atoms with Crippen molar-refractivity contribution in [3.8, 4) is 0 Å². The molecule has 1 amide bonds. The van der Waals surface area contributed by atoms with Gasteiger partial charge in [0.25, 0.3) is 5.91 Å². The fourth-order valence-electron chi connectivity index (χ4n) is 2.66. The second kappa shape index (κ2) is 7.57. The van der Waals surface area contributed by atoms with Gasteiger partial charge in [0.1, 0.15) is 6.61 Å².